The van der Waals surface area contributed by atoms with E-state index in [4.69, 9.17) is 0 Å². The molecule has 9 atom stereocenters. The summed E-state index contributed by atoms with van der Waals surface area (Å²) < 4.78 is 33.7. The molecule has 1 aromatic rings. The van der Waals surface area contributed by atoms with Crippen molar-refractivity contribution in [2.75, 3.05) is 18.2 Å². The number of halogens is 3. The minimum absolute atomic E-state index is 0.0510. The van der Waals surface area contributed by atoms with Crippen LogP contribution in [0, 0.1) is 34.5 Å². The van der Waals surface area contributed by atoms with Crippen molar-refractivity contribution in [3.63, 3.8) is 0 Å². The predicted octanol–water partition coefficient (Wildman–Crippen LogP) is 4.37. The van der Waals surface area contributed by atoms with Gasteiger partial charge in [0.1, 0.15) is 12.8 Å². The van der Waals surface area contributed by atoms with Crippen LogP contribution >= 0.6 is 15.9 Å². The Morgan fingerprint density at radius 1 is 1.24 bits per heavy atom. The van der Waals surface area contributed by atoms with Gasteiger partial charge in [0.2, 0.25) is 0 Å². The number of benzene rings is 1. The smallest absolute Gasteiger partial charge is 0.178 e. The number of allylic oxidation sites excluding steroid dienone is 4. The molecule has 6 nitrogen and oxygen atoms in total. The average molecular weight is 580 g/mol. The van der Waals surface area contributed by atoms with E-state index in [9.17, 15) is 25.0 Å². The van der Waals surface area contributed by atoms with Crippen molar-refractivity contribution >= 4 is 33.2 Å². The fourth-order valence-electron chi connectivity index (χ4n) is 8.26. The van der Waals surface area contributed by atoms with Crippen molar-refractivity contribution < 1.29 is 33.8 Å². The van der Waals surface area contributed by atoms with Gasteiger partial charge >= 0.3 is 0 Å². The van der Waals surface area contributed by atoms with Crippen LogP contribution in [-0.4, -0.2) is 58.1 Å². The van der Waals surface area contributed by atoms with E-state index in [-0.39, 0.29) is 25.0 Å². The van der Waals surface area contributed by atoms with Crippen molar-refractivity contribution in [3.8, 4) is 0 Å². The molecule has 1 aromatic carbocycles. The van der Waals surface area contributed by atoms with Gasteiger partial charge in [-0.2, -0.15) is 0 Å². The van der Waals surface area contributed by atoms with E-state index in [0.717, 1.165) is 15.6 Å². The van der Waals surface area contributed by atoms with E-state index in [2.05, 4.69) is 15.9 Å². The lowest BCUT2D eigenvalue weighted by Gasteiger charge is -2.62. The second-order valence-corrected chi connectivity index (χ2v) is 12.5. The number of carbonyl (C=O) groups is 2. The van der Waals surface area contributed by atoms with Crippen molar-refractivity contribution in [2.24, 2.45) is 34.5 Å². The summed E-state index contributed by atoms with van der Waals surface area (Å²) in [6.07, 6.45) is 0.757. The second-order valence-electron chi connectivity index (χ2n) is 11.6. The van der Waals surface area contributed by atoms with Gasteiger partial charge in [0.05, 0.1) is 11.8 Å². The molecule has 0 spiro atoms. The number of rotatable bonds is 5. The third-order valence-corrected chi connectivity index (χ3v) is 10.3. The van der Waals surface area contributed by atoms with Crippen molar-refractivity contribution in [2.45, 2.75) is 51.1 Å². The van der Waals surface area contributed by atoms with Crippen molar-refractivity contribution in [3.05, 3.63) is 52.5 Å². The molecule has 4 aliphatic carbocycles. The number of ketones is 2. The van der Waals surface area contributed by atoms with E-state index in [1.54, 1.807) is 18.2 Å². The summed E-state index contributed by atoms with van der Waals surface area (Å²) >= 11 is 3.38. The van der Waals surface area contributed by atoms with Crippen LogP contribution in [0.1, 0.15) is 33.1 Å². The Kier molecular flexibility index (Phi) is 6.54. The highest BCUT2D eigenvalue weighted by molar-refractivity contribution is 9.10. The molecule has 37 heavy (non-hydrogen) atoms. The lowest BCUT2D eigenvalue weighted by Crippen LogP contribution is -2.68. The molecule has 0 heterocycles. The van der Waals surface area contributed by atoms with Crippen LogP contribution in [0.5, 0.6) is 0 Å². The molecule has 0 saturated heterocycles. The molecular formula is C28H32BrF2NO5. The molecule has 0 aliphatic heterocycles. The van der Waals surface area contributed by atoms with Crippen LogP contribution in [0.15, 0.2) is 52.5 Å². The van der Waals surface area contributed by atoms with Gasteiger partial charge in [0.15, 0.2) is 17.2 Å². The minimum atomic E-state index is -2.24. The van der Waals surface area contributed by atoms with Crippen LogP contribution in [0.4, 0.5) is 14.5 Å². The number of hydroxylamine groups is 1. The van der Waals surface area contributed by atoms with Crippen molar-refractivity contribution in [1.82, 2.24) is 0 Å². The molecule has 3 saturated carbocycles. The second kappa shape index (κ2) is 9.07. The number of hydrogen-bond donors (Lipinski definition) is 3. The first-order valence-electron chi connectivity index (χ1n) is 12.7. The molecule has 5 rings (SSSR count). The van der Waals surface area contributed by atoms with E-state index in [0.29, 0.717) is 12.1 Å². The largest absolute Gasteiger partial charge is 0.390 e. The SMILES string of the molecule is C[C@]12C[C@H](O)[C@@]3(F)[C@@H](C[C@H](F)C4=CC(=O)C=C[C@@]43C)[C@@H]1C[C@@H](CN(O)c1cccc(Br)c1)[C@@H]2C(=O)CO. The predicted molar refractivity (Wildman–Crippen MR) is 136 cm³/mol. The molecule has 9 heteroatoms. The lowest BCUT2D eigenvalue weighted by atomic mass is 9.45. The summed E-state index contributed by atoms with van der Waals surface area (Å²) in [6.45, 7) is 2.70. The maximum Gasteiger partial charge on any atom is 0.178 e. The van der Waals surface area contributed by atoms with Gasteiger partial charge in [-0.1, -0.05) is 35.0 Å². The summed E-state index contributed by atoms with van der Waals surface area (Å²) in [5.74, 6) is -3.45. The van der Waals surface area contributed by atoms with Gasteiger partial charge in [-0.25, -0.2) is 8.78 Å². The van der Waals surface area contributed by atoms with Gasteiger partial charge in [-0.05, 0) is 79.4 Å². The highest BCUT2D eigenvalue weighted by Crippen LogP contribution is 2.70. The Labute approximate surface area is 223 Å². The number of aliphatic hydroxyl groups is 2. The summed E-state index contributed by atoms with van der Waals surface area (Å²) in [4.78, 5) is 25.1. The van der Waals surface area contributed by atoms with Crippen LogP contribution < -0.4 is 5.06 Å². The van der Waals surface area contributed by atoms with E-state index in [1.165, 1.54) is 19.1 Å². The Balaban J connectivity index is 1.55. The van der Waals surface area contributed by atoms with Gasteiger partial charge < -0.3 is 10.2 Å². The summed E-state index contributed by atoms with van der Waals surface area (Å²) in [7, 11) is 0. The normalized spacial score (nSPS) is 42.5. The first-order chi connectivity index (χ1) is 17.4. The molecule has 0 unspecified atom stereocenters. The first kappa shape index (κ1) is 26.7. The number of Topliss-reactive ketones (excluding diaryl/α,β-unsaturated/α-hetero) is 1. The van der Waals surface area contributed by atoms with E-state index < -0.39 is 70.6 Å². The fraction of sp³-hybridized carbons (Fsp3) is 0.571. The summed E-state index contributed by atoms with van der Waals surface area (Å²) in [5, 5.41) is 33.2. The number of fused-ring (bicyclic) bond motifs is 5. The Hall–Kier alpha value is -1.94. The van der Waals surface area contributed by atoms with Crippen LogP contribution in [0.25, 0.3) is 0 Å². The molecule has 3 fully saturated rings. The minimum Gasteiger partial charge on any atom is -0.390 e. The monoisotopic (exact) mass is 579 g/mol. The molecule has 200 valence electrons. The highest BCUT2D eigenvalue weighted by atomic mass is 79.9. The lowest BCUT2D eigenvalue weighted by molar-refractivity contribution is -0.202. The number of carbonyl (C=O) groups excluding carboxylic acids is 2. The Morgan fingerprint density at radius 2 is 1.97 bits per heavy atom. The molecular weight excluding hydrogens is 548 g/mol. The van der Waals surface area contributed by atoms with Gasteiger partial charge in [0.25, 0.3) is 0 Å². The number of aliphatic hydroxyl groups excluding tert-OH is 2. The number of nitrogens with zero attached hydrogens (tertiary/aromatic N) is 1. The van der Waals surface area contributed by atoms with Crippen LogP contribution in [0.2, 0.25) is 0 Å². The van der Waals surface area contributed by atoms with Gasteiger partial charge in [-0.3, -0.25) is 19.9 Å². The zero-order valence-electron chi connectivity index (χ0n) is 20.8. The molecule has 0 amide bonds. The average Bonchev–Trinajstić information content (AvgIpc) is 3.13. The standard InChI is InChI=1S/C28H32BrF2NO5/c1-26-12-24(36)28(31)20(11-22(30)21-10-18(34)6-7-27(21,28)2)19(26)8-15(25(26)23(35)14-33)13-32(37)17-5-3-4-16(29)9-17/h3-7,9-10,15,19-20,22,24-25,33,36-37H,8,11-14H2,1-2H3/t15-,19-,20-,22-,24-,25+,26-,27-,28-/m0/s1. The number of anilines is 1. The van der Waals surface area contributed by atoms with E-state index >= 15 is 8.78 Å². The summed E-state index contributed by atoms with van der Waals surface area (Å²) in [5.41, 5.74) is -4.10. The van der Waals surface area contributed by atoms with E-state index in [1.807, 2.05) is 13.0 Å². The third kappa shape index (κ3) is 3.79. The Morgan fingerprint density at radius 3 is 2.65 bits per heavy atom. The van der Waals surface area contributed by atoms with Crippen LogP contribution in [-0.2, 0) is 9.59 Å². The maximum atomic E-state index is 17.3. The molecule has 0 bridgehead atoms. The Bertz CT molecular complexity index is 1190. The van der Waals surface area contributed by atoms with Crippen LogP contribution in [0.3, 0.4) is 0 Å². The summed E-state index contributed by atoms with van der Waals surface area (Å²) in [6, 6.07) is 7.02. The maximum absolute atomic E-state index is 17.3. The molecule has 0 radical (unpaired) electrons. The zero-order valence-corrected chi connectivity index (χ0v) is 22.4. The third-order valence-electron chi connectivity index (χ3n) is 9.82. The van der Waals surface area contributed by atoms with Crippen molar-refractivity contribution in [1.29, 1.82) is 0 Å². The number of hydrogen-bond acceptors (Lipinski definition) is 6. The van der Waals surface area contributed by atoms with Gasteiger partial charge in [-0.15, -0.1) is 0 Å². The van der Waals surface area contributed by atoms with Gasteiger partial charge in [0, 0.05) is 28.3 Å². The first-order valence-corrected chi connectivity index (χ1v) is 13.5. The highest BCUT2D eigenvalue weighted by Gasteiger charge is 2.73. The fourth-order valence-corrected chi connectivity index (χ4v) is 8.65. The topological polar surface area (TPSA) is 98.1 Å². The quantitative estimate of drug-likeness (QED) is 0.448. The molecule has 0 aromatic heterocycles. The molecule has 3 N–H and O–H groups in total. The number of alkyl halides is 2. The molecule has 4 aliphatic rings. The zero-order chi connectivity index (χ0) is 26.9.